The monoisotopic (exact) mass is 387 g/mol. The van der Waals surface area contributed by atoms with Crippen molar-refractivity contribution in [2.45, 2.75) is 32.7 Å². The Bertz CT molecular complexity index is 892. The van der Waals surface area contributed by atoms with Crippen LogP contribution in [0.25, 0.3) is 0 Å². The second-order valence-corrected chi connectivity index (χ2v) is 7.04. The van der Waals surface area contributed by atoms with E-state index in [1.807, 2.05) is 0 Å². The summed E-state index contributed by atoms with van der Waals surface area (Å²) in [6.07, 6.45) is -0.0693. The molecule has 10 heteroatoms. The second kappa shape index (κ2) is 7.29. The van der Waals surface area contributed by atoms with Crippen molar-refractivity contribution in [2.75, 3.05) is 18.5 Å². The number of imide groups is 1. The number of hydrogen-bond donors (Lipinski definition) is 3. The molecule has 0 aromatic heterocycles. The molecule has 5 amide bonds. The van der Waals surface area contributed by atoms with E-state index >= 15 is 0 Å². The molecule has 1 aromatic carbocycles. The molecule has 0 bridgehead atoms. The number of hydrogen-bond acceptors (Lipinski definition) is 6. The first kappa shape index (κ1) is 19.3. The van der Waals surface area contributed by atoms with Crippen molar-refractivity contribution in [1.29, 1.82) is 0 Å². The minimum Gasteiger partial charge on any atom is -0.482 e. The molecule has 3 rings (SSSR count). The third-order valence-electron chi connectivity index (χ3n) is 4.39. The Morgan fingerprint density at radius 2 is 2.07 bits per heavy atom. The van der Waals surface area contributed by atoms with Gasteiger partial charge in [-0.15, -0.1) is 0 Å². The molecule has 1 aromatic rings. The first-order valence-corrected chi connectivity index (χ1v) is 8.72. The molecule has 2 aliphatic heterocycles. The molecule has 2 heterocycles. The fraction of sp³-hybridized carbons (Fsp3) is 0.389. The number of carbonyl (C=O) groups excluding carboxylic acids is 4. The van der Waals surface area contributed by atoms with Crippen LogP contribution in [-0.2, 0) is 14.4 Å². The lowest BCUT2D eigenvalue weighted by Crippen LogP contribution is -2.40. The van der Waals surface area contributed by atoms with Crippen LogP contribution in [0.5, 0.6) is 5.75 Å². The van der Waals surface area contributed by atoms with E-state index in [1.165, 1.54) is 0 Å². The fourth-order valence-corrected chi connectivity index (χ4v) is 2.81. The van der Waals surface area contributed by atoms with Crippen molar-refractivity contribution >= 4 is 35.2 Å². The van der Waals surface area contributed by atoms with Gasteiger partial charge < -0.3 is 15.4 Å². The van der Waals surface area contributed by atoms with Crippen molar-refractivity contribution in [3.05, 3.63) is 23.8 Å². The van der Waals surface area contributed by atoms with E-state index in [4.69, 9.17) is 4.74 Å². The van der Waals surface area contributed by atoms with Crippen LogP contribution in [0.2, 0.25) is 0 Å². The number of fused-ring (bicyclic) bond motifs is 1. The molecular formula is C18H21N5O5. The van der Waals surface area contributed by atoms with Gasteiger partial charge in [0.2, 0.25) is 5.91 Å². The number of nitrogens with zero attached hydrogens (tertiary/aromatic N) is 2. The van der Waals surface area contributed by atoms with Crippen molar-refractivity contribution in [3.8, 4) is 5.75 Å². The molecule has 3 N–H and O–H groups in total. The molecule has 0 spiro atoms. The molecule has 0 atom stereocenters. The standard InChI is InChI=1S/C18H21N5O5/c1-10(11-4-5-13-12(8-11)19-15(25)9-28-13)21-22-14(24)6-7-23-16(26)18(2,3)20-17(23)27/h4-5,8H,6-7,9H2,1-3H3,(H,19,25)(H,20,27)(H,22,24)/b21-10-. The van der Waals surface area contributed by atoms with E-state index in [2.05, 4.69) is 21.2 Å². The van der Waals surface area contributed by atoms with Crippen LogP contribution in [0.4, 0.5) is 10.5 Å². The van der Waals surface area contributed by atoms with E-state index in [1.54, 1.807) is 39.0 Å². The SMILES string of the molecule is C/C(=N/NC(=O)CCN1C(=O)NC(C)(C)C1=O)c1ccc2c(c1)NC(=O)CO2. The van der Waals surface area contributed by atoms with Gasteiger partial charge in [0.1, 0.15) is 11.3 Å². The summed E-state index contributed by atoms with van der Waals surface area (Å²) in [6, 6.07) is 4.66. The van der Waals surface area contributed by atoms with Gasteiger partial charge in [0.25, 0.3) is 11.8 Å². The normalized spacial score (nSPS) is 18.2. The maximum absolute atomic E-state index is 12.1. The number of amides is 5. The van der Waals surface area contributed by atoms with Crippen LogP contribution in [0, 0.1) is 0 Å². The Morgan fingerprint density at radius 1 is 1.32 bits per heavy atom. The lowest BCUT2D eigenvalue weighted by Gasteiger charge is -2.18. The van der Waals surface area contributed by atoms with Crippen molar-refractivity contribution in [2.24, 2.45) is 5.10 Å². The van der Waals surface area contributed by atoms with Crippen molar-refractivity contribution < 1.29 is 23.9 Å². The highest BCUT2D eigenvalue weighted by molar-refractivity contribution is 6.06. The van der Waals surface area contributed by atoms with Gasteiger partial charge in [0, 0.05) is 13.0 Å². The van der Waals surface area contributed by atoms with Gasteiger partial charge in [0.05, 0.1) is 11.4 Å². The molecule has 1 fully saturated rings. The maximum Gasteiger partial charge on any atom is 0.325 e. The number of anilines is 1. The number of hydrazone groups is 1. The third kappa shape index (κ3) is 3.95. The summed E-state index contributed by atoms with van der Waals surface area (Å²) in [7, 11) is 0. The number of urea groups is 1. The minimum absolute atomic E-state index is 0.0236. The Kier molecular flexibility index (Phi) is 5.04. The largest absolute Gasteiger partial charge is 0.482 e. The van der Waals surface area contributed by atoms with Crippen LogP contribution in [0.3, 0.4) is 0 Å². The lowest BCUT2D eigenvalue weighted by molar-refractivity contribution is -0.130. The van der Waals surface area contributed by atoms with Crippen LogP contribution in [0.15, 0.2) is 23.3 Å². The van der Waals surface area contributed by atoms with Crippen molar-refractivity contribution in [1.82, 2.24) is 15.6 Å². The molecule has 0 radical (unpaired) electrons. The molecule has 28 heavy (non-hydrogen) atoms. The van der Waals surface area contributed by atoms with Gasteiger partial charge in [-0.2, -0.15) is 5.10 Å². The predicted octanol–water partition coefficient (Wildman–Crippen LogP) is 0.578. The van der Waals surface area contributed by atoms with Crippen LogP contribution >= 0.6 is 0 Å². The molecular weight excluding hydrogens is 366 g/mol. The smallest absolute Gasteiger partial charge is 0.325 e. The minimum atomic E-state index is -0.964. The quantitative estimate of drug-likeness (QED) is 0.387. The average molecular weight is 387 g/mol. The van der Waals surface area contributed by atoms with Gasteiger partial charge in [-0.05, 0) is 44.5 Å². The first-order valence-electron chi connectivity index (χ1n) is 8.72. The summed E-state index contributed by atoms with van der Waals surface area (Å²) >= 11 is 0. The average Bonchev–Trinajstić information content (AvgIpc) is 2.84. The molecule has 2 aliphatic rings. The molecule has 1 saturated heterocycles. The van der Waals surface area contributed by atoms with Gasteiger partial charge in [-0.1, -0.05) is 0 Å². The number of rotatable bonds is 5. The van der Waals surface area contributed by atoms with E-state index in [0.29, 0.717) is 22.7 Å². The summed E-state index contributed by atoms with van der Waals surface area (Å²) in [6.45, 7) is 4.86. The van der Waals surface area contributed by atoms with E-state index < -0.39 is 17.5 Å². The zero-order valence-corrected chi connectivity index (χ0v) is 15.8. The van der Waals surface area contributed by atoms with Gasteiger partial charge in [-0.3, -0.25) is 19.3 Å². The van der Waals surface area contributed by atoms with Crippen molar-refractivity contribution in [3.63, 3.8) is 0 Å². The van der Waals surface area contributed by atoms with Gasteiger partial charge >= 0.3 is 6.03 Å². The molecule has 0 saturated carbocycles. The molecule has 148 valence electrons. The van der Waals surface area contributed by atoms with E-state index in [9.17, 15) is 19.2 Å². The van der Waals surface area contributed by atoms with Crippen LogP contribution in [-0.4, -0.2) is 53.1 Å². The maximum atomic E-state index is 12.1. The highest BCUT2D eigenvalue weighted by Crippen LogP contribution is 2.28. The number of benzene rings is 1. The highest BCUT2D eigenvalue weighted by atomic mass is 16.5. The molecule has 10 nitrogen and oxygen atoms in total. The van der Waals surface area contributed by atoms with Crippen LogP contribution in [0.1, 0.15) is 32.8 Å². The summed E-state index contributed by atoms with van der Waals surface area (Å²) in [5.41, 5.74) is 3.19. The van der Waals surface area contributed by atoms with Gasteiger partial charge in [-0.25, -0.2) is 10.2 Å². The number of ether oxygens (including phenoxy) is 1. The predicted molar refractivity (Wildman–Crippen MR) is 99.9 cm³/mol. The lowest BCUT2D eigenvalue weighted by atomic mass is 10.1. The summed E-state index contributed by atoms with van der Waals surface area (Å²) < 4.78 is 5.29. The Balaban J connectivity index is 1.57. The zero-order valence-electron chi connectivity index (χ0n) is 15.8. The summed E-state index contributed by atoms with van der Waals surface area (Å²) in [4.78, 5) is 48.3. The topological polar surface area (TPSA) is 129 Å². The van der Waals surface area contributed by atoms with E-state index in [0.717, 1.165) is 4.90 Å². The Hall–Kier alpha value is -3.43. The summed E-state index contributed by atoms with van der Waals surface area (Å²) in [5.74, 6) is -0.476. The van der Waals surface area contributed by atoms with E-state index in [-0.39, 0.29) is 31.4 Å². The fourth-order valence-electron chi connectivity index (χ4n) is 2.81. The Morgan fingerprint density at radius 3 is 2.75 bits per heavy atom. The molecule has 0 aliphatic carbocycles. The number of carbonyl (C=O) groups is 4. The summed E-state index contributed by atoms with van der Waals surface area (Å²) in [5, 5.41) is 9.29. The highest BCUT2D eigenvalue weighted by Gasteiger charge is 2.43. The second-order valence-electron chi connectivity index (χ2n) is 7.04. The first-order chi connectivity index (χ1) is 13.2. The van der Waals surface area contributed by atoms with Gasteiger partial charge in [0.15, 0.2) is 6.61 Å². The third-order valence-corrected chi connectivity index (χ3v) is 4.39. The van der Waals surface area contributed by atoms with Crippen LogP contribution < -0.4 is 20.8 Å². The molecule has 0 unspecified atom stereocenters. The zero-order chi connectivity index (χ0) is 20.5. The number of nitrogens with one attached hydrogen (secondary N) is 3. The Labute approximate surface area is 161 Å².